The van der Waals surface area contributed by atoms with Crippen molar-refractivity contribution >= 4 is 68.1 Å². The molecule has 0 spiro atoms. The number of halogens is 2. The maximum atomic E-state index is 12.9. The van der Waals surface area contributed by atoms with Crippen LogP contribution in [0.25, 0.3) is 6.08 Å². The summed E-state index contributed by atoms with van der Waals surface area (Å²) in [7, 11) is 0. The van der Waals surface area contributed by atoms with Gasteiger partial charge in [0.25, 0.3) is 17.1 Å². The lowest BCUT2D eigenvalue weighted by atomic mass is 10.1. The zero-order valence-electron chi connectivity index (χ0n) is 17.7. The number of imide groups is 1. The fourth-order valence-electron chi connectivity index (χ4n) is 3.20. The van der Waals surface area contributed by atoms with Crippen LogP contribution >= 0.6 is 39.3 Å². The Labute approximate surface area is 214 Å². The van der Waals surface area contributed by atoms with Gasteiger partial charge >= 0.3 is 0 Å². The van der Waals surface area contributed by atoms with E-state index in [1.54, 1.807) is 54.6 Å². The monoisotopic (exact) mass is 556 g/mol. The molecule has 0 saturated carbocycles. The average molecular weight is 558 g/mol. The Balaban J connectivity index is 1.46. The fraction of sp³-hybridized carbons (Fsp3) is 0.0800. The molecular formula is C25H18BrClN2O4S. The number of rotatable bonds is 7. The summed E-state index contributed by atoms with van der Waals surface area (Å²) >= 11 is 10.4. The minimum Gasteiger partial charge on any atom is -0.483 e. The minimum absolute atomic E-state index is 0.170. The number of ether oxygens (including phenoxy) is 1. The Hall–Kier alpha value is -3.07. The van der Waals surface area contributed by atoms with Crippen molar-refractivity contribution in [2.75, 3.05) is 11.9 Å². The van der Waals surface area contributed by atoms with Gasteiger partial charge in [-0.05, 0) is 47.7 Å². The standard InChI is InChI=1S/C25H18BrClN2O4S/c26-18-9-3-1-8-17(18)14-29-24(31)22(34-25(29)32)13-16-7-2-6-12-21(16)33-15-23(30)28-20-11-5-4-10-19(20)27/h1-13H,14-15H2,(H,28,30)/b22-13-. The van der Waals surface area contributed by atoms with Crippen LogP contribution in [0.15, 0.2) is 82.2 Å². The van der Waals surface area contributed by atoms with Crippen molar-refractivity contribution in [1.82, 2.24) is 4.90 Å². The zero-order valence-corrected chi connectivity index (χ0v) is 20.8. The van der Waals surface area contributed by atoms with E-state index in [-0.39, 0.29) is 35.1 Å². The van der Waals surface area contributed by atoms with E-state index in [4.69, 9.17) is 16.3 Å². The molecule has 0 unspecified atom stereocenters. The molecule has 1 aliphatic rings. The lowest BCUT2D eigenvalue weighted by Crippen LogP contribution is -2.27. The molecule has 6 nitrogen and oxygen atoms in total. The normalized spacial score (nSPS) is 14.5. The molecule has 4 rings (SSSR count). The molecule has 3 amide bonds. The first-order chi connectivity index (χ1) is 16.4. The van der Waals surface area contributed by atoms with E-state index in [2.05, 4.69) is 21.2 Å². The predicted molar refractivity (Wildman–Crippen MR) is 138 cm³/mol. The number of amides is 3. The smallest absolute Gasteiger partial charge is 0.293 e. The number of anilines is 1. The highest BCUT2D eigenvalue weighted by Crippen LogP contribution is 2.35. The van der Waals surface area contributed by atoms with Crippen molar-refractivity contribution in [3.63, 3.8) is 0 Å². The Morgan fingerprint density at radius 2 is 1.74 bits per heavy atom. The van der Waals surface area contributed by atoms with Crippen LogP contribution in [0, 0.1) is 0 Å². The third-order valence-corrected chi connectivity index (χ3v) is 6.88. The Bertz CT molecular complexity index is 1300. The molecule has 0 radical (unpaired) electrons. The Morgan fingerprint density at radius 1 is 1.03 bits per heavy atom. The quantitative estimate of drug-likeness (QED) is 0.342. The highest BCUT2D eigenvalue weighted by Gasteiger charge is 2.35. The Kier molecular flexibility index (Phi) is 7.72. The van der Waals surface area contributed by atoms with E-state index in [0.717, 1.165) is 21.8 Å². The second kappa shape index (κ2) is 10.9. The molecule has 34 heavy (non-hydrogen) atoms. The van der Waals surface area contributed by atoms with Crippen LogP contribution in [0.1, 0.15) is 11.1 Å². The van der Waals surface area contributed by atoms with Crippen LogP contribution < -0.4 is 10.1 Å². The molecule has 3 aromatic rings. The van der Waals surface area contributed by atoms with E-state index in [9.17, 15) is 14.4 Å². The predicted octanol–water partition coefficient (Wildman–Crippen LogP) is 6.36. The molecule has 3 aromatic carbocycles. The molecule has 1 N–H and O–H groups in total. The van der Waals surface area contributed by atoms with Crippen molar-refractivity contribution in [3.05, 3.63) is 98.3 Å². The van der Waals surface area contributed by atoms with Crippen LogP contribution in [-0.2, 0) is 16.1 Å². The highest BCUT2D eigenvalue weighted by molar-refractivity contribution is 9.10. The number of hydrogen-bond acceptors (Lipinski definition) is 5. The summed E-state index contributed by atoms with van der Waals surface area (Å²) in [6.07, 6.45) is 1.60. The zero-order chi connectivity index (χ0) is 24.1. The van der Waals surface area contributed by atoms with E-state index >= 15 is 0 Å². The summed E-state index contributed by atoms with van der Waals surface area (Å²) in [5.41, 5.74) is 1.91. The number of benzene rings is 3. The lowest BCUT2D eigenvalue weighted by Gasteiger charge is -2.13. The van der Waals surface area contributed by atoms with Gasteiger partial charge < -0.3 is 10.1 Å². The first-order valence-electron chi connectivity index (χ1n) is 10.2. The van der Waals surface area contributed by atoms with Gasteiger partial charge in [0.05, 0.1) is 22.2 Å². The number of para-hydroxylation sites is 2. The summed E-state index contributed by atoms with van der Waals surface area (Å²) in [5.74, 6) is -0.344. The van der Waals surface area contributed by atoms with Crippen LogP contribution in [0.3, 0.4) is 0 Å². The molecule has 0 aromatic heterocycles. The van der Waals surface area contributed by atoms with E-state index in [1.165, 1.54) is 4.90 Å². The number of thioether (sulfide) groups is 1. The van der Waals surface area contributed by atoms with E-state index in [1.807, 2.05) is 24.3 Å². The van der Waals surface area contributed by atoms with Gasteiger partial charge in [0.15, 0.2) is 6.61 Å². The molecular weight excluding hydrogens is 540 g/mol. The molecule has 0 aliphatic carbocycles. The van der Waals surface area contributed by atoms with Gasteiger partial charge in [-0.3, -0.25) is 19.3 Å². The minimum atomic E-state index is -0.378. The summed E-state index contributed by atoms with van der Waals surface area (Å²) in [6, 6.07) is 21.3. The fourth-order valence-corrected chi connectivity index (χ4v) is 4.62. The SMILES string of the molecule is O=C(COc1ccccc1/C=C1\SC(=O)N(Cc2ccccc2Br)C1=O)Nc1ccccc1Cl. The van der Waals surface area contributed by atoms with Crippen LogP contribution in [0.2, 0.25) is 5.02 Å². The molecule has 1 saturated heterocycles. The summed E-state index contributed by atoms with van der Waals surface area (Å²) in [6.45, 7) is -0.0800. The molecule has 0 bridgehead atoms. The summed E-state index contributed by atoms with van der Waals surface area (Å²) in [4.78, 5) is 39.3. The maximum absolute atomic E-state index is 12.9. The van der Waals surface area contributed by atoms with Crippen LogP contribution in [0.5, 0.6) is 5.75 Å². The second-order valence-corrected chi connectivity index (χ2v) is 9.47. The van der Waals surface area contributed by atoms with Gasteiger partial charge in [0, 0.05) is 10.0 Å². The Morgan fingerprint density at radius 3 is 2.53 bits per heavy atom. The van der Waals surface area contributed by atoms with Crippen molar-refractivity contribution in [3.8, 4) is 5.75 Å². The number of nitrogens with zero attached hydrogens (tertiary/aromatic N) is 1. The van der Waals surface area contributed by atoms with Crippen molar-refractivity contribution < 1.29 is 19.1 Å². The number of carbonyl (C=O) groups is 3. The van der Waals surface area contributed by atoms with E-state index < -0.39 is 0 Å². The van der Waals surface area contributed by atoms with Crippen LogP contribution in [-0.4, -0.2) is 28.6 Å². The largest absolute Gasteiger partial charge is 0.483 e. The first kappa shape index (κ1) is 24.1. The van der Waals surface area contributed by atoms with E-state index in [0.29, 0.717) is 22.0 Å². The second-order valence-electron chi connectivity index (χ2n) is 7.21. The van der Waals surface area contributed by atoms with Gasteiger partial charge in [-0.1, -0.05) is 76.1 Å². The van der Waals surface area contributed by atoms with Crippen molar-refractivity contribution in [1.29, 1.82) is 0 Å². The lowest BCUT2D eigenvalue weighted by molar-refractivity contribution is -0.123. The molecule has 1 aliphatic heterocycles. The number of carbonyl (C=O) groups excluding carboxylic acids is 3. The molecule has 9 heteroatoms. The average Bonchev–Trinajstić information content (AvgIpc) is 3.08. The molecule has 172 valence electrons. The van der Waals surface area contributed by atoms with Gasteiger partial charge in [-0.25, -0.2) is 0 Å². The van der Waals surface area contributed by atoms with Gasteiger partial charge in [0.2, 0.25) is 0 Å². The van der Waals surface area contributed by atoms with Crippen LogP contribution in [0.4, 0.5) is 10.5 Å². The molecule has 1 heterocycles. The summed E-state index contributed by atoms with van der Waals surface area (Å²) in [5, 5.41) is 2.78. The van der Waals surface area contributed by atoms with Gasteiger partial charge in [0.1, 0.15) is 5.75 Å². The number of nitrogens with one attached hydrogen (secondary N) is 1. The maximum Gasteiger partial charge on any atom is 0.293 e. The third-order valence-electron chi connectivity index (χ3n) is 4.87. The van der Waals surface area contributed by atoms with Gasteiger partial charge in [-0.2, -0.15) is 0 Å². The topological polar surface area (TPSA) is 75.7 Å². The van der Waals surface area contributed by atoms with Crippen molar-refractivity contribution in [2.24, 2.45) is 0 Å². The molecule has 0 atom stereocenters. The molecule has 1 fully saturated rings. The van der Waals surface area contributed by atoms with Gasteiger partial charge in [-0.15, -0.1) is 0 Å². The summed E-state index contributed by atoms with van der Waals surface area (Å²) < 4.78 is 6.52. The third kappa shape index (κ3) is 5.70. The highest BCUT2D eigenvalue weighted by atomic mass is 79.9. The number of hydrogen-bond donors (Lipinski definition) is 1. The van der Waals surface area contributed by atoms with Crippen molar-refractivity contribution in [2.45, 2.75) is 6.54 Å². The first-order valence-corrected chi connectivity index (χ1v) is 12.2.